The molecule has 4 atom stereocenters. The number of aliphatic imine (C=N–C) groups is 1. The Morgan fingerprint density at radius 1 is 0.964 bits per heavy atom. The molecule has 0 spiro atoms. The van der Waals surface area contributed by atoms with E-state index in [1.165, 1.54) is 32.0 Å². The average molecular weight is 790 g/mol. The van der Waals surface area contributed by atoms with Crippen molar-refractivity contribution in [2.75, 3.05) is 18.6 Å². The van der Waals surface area contributed by atoms with E-state index in [2.05, 4.69) is 15.6 Å². The van der Waals surface area contributed by atoms with Gasteiger partial charge >= 0.3 is 24.4 Å². The fraction of sp³-hybridized carbons (Fsp3) is 0.541. The number of fused-ring (bicyclic) bond motifs is 1. The lowest BCUT2D eigenvalue weighted by Gasteiger charge is -2.45. The Kier molecular flexibility index (Phi) is 14.1. The maximum atomic E-state index is 15.1. The molecule has 0 aromatic heterocycles. The number of hydrogen-bond acceptors (Lipinski definition) is 8. The average Bonchev–Trinajstić information content (AvgIpc) is 3.17. The lowest BCUT2D eigenvalue weighted by atomic mass is 9.84. The highest BCUT2D eigenvalue weighted by Crippen LogP contribution is 2.39. The summed E-state index contributed by atoms with van der Waals surface area (Å²) in [6.45, 7) is 8.53. The zero-order chi connectivity index (χ0) is 41.7. The zero-order valence-electron chi connectivity index (χ0n) is 31.5. The van der Waals surface area contributed by atoms with Gasteiger partial charge in [-0.3, -0.25) is 30.1 Å². The van der Waals surface area contributed by atoms with Gasteiger partial charge in [-0.15, -0.1) is 0 Å². The zero-order valence-corrected chi connectivity index (χ0v) is 31.5. The van der Waals surface area contributed by atoms with Crippen LogP contribution in [0.15, 0.2) is 47.5 Å². The van der Waals surface area contributed by atoms with Crippen molar-refractivity contribution in [2.24, 2.45) is 28.5 Å². The SMILES string of the molecule is COC(=O)[C@](NC(=O)OC(C)(C)C)(C(C)C)N1C(=O)[C@@H](NC[C@H](CCC(F)(F)F)[C@H](CCC(F)(F)F)C(N)=O)N=C(c2cccc(F)c2)c2cccc(C)c21. The molecule has 0 fully saturated rings. The molecule has 304 valence electrons. The molecule has 1 aliphatic rings. The topological polar surface area (TPSA) is 152 Å². The summed E-state index contributed by atoms with van der Waals surface area (Å²) in [6.07, 6.45) is -17.4. The first kappa shape index (κ1) is 44.7. The first-order valence-electron chi connectivity index (χ1n) is 17.3. The van der Waals surface area contributed by atoms with Gasteiger partial charge in [0.15, 0.2) is 6.17 Å². The summed E-state index contributed by atoms with van der Waals surface area (Å²) in [5.74, 6) is -8.46. The van der Waals surface area contributed by atoms with Gasteiger partial charge in [0.2, 0.25) is 11.6 Å². The van der Waals surface area contributed by atoms with Crippen molar-refractivity contribution in [3.8, 4) is 0 Å². The van der Waals surface area contributed by atoms with Crippen molar-refractivity contribution in [2.45, 2.75) is 97.0 Å². The second kappa shape index (κ2) is 17.4. The van der Waals surface area contributed by atoms with Crippen molar-refractivity contribution >= 4 is 35.3 Å². The number of nitrogens with two attached hydrogens (primary N) is 1. The second-order valence-electron chi connectivity index (χ2n) is 14.6. The van der Waals surface area contributed by atoms with Crippen LogP contribution < -0.4 is 21.3 Å². The summed E-state index contributed by atoms with van der Waals surface area (Å²) in [5, 5.41) is 5.23. The first-order chi connectivity index (χ1) is 25.3. The van der Waals surface area contributed by atoms with Gasteiger partial charge in [-0.1, -0.05) is 44.2 Å². The second-order valence-corrected chi connectivity index (χ2v) is 14.6. The summed E-state index contributed by atoms with van der Waals surface area (Å²) in [6, 6.07) is 9.75. The van der Waals surface area contributed by atoms with Gasteiger partial charge in [0.25, 0.3) is 5.91 Å². The Hall–Kier alpha value is -4.74. The number of methoxy groups -OCH3 is 1. The van der Waals surface area contributed by atoms with E-state index in [1.807, 2.05) is 0 Å². The number of aryl methyl sites for hydroxylation is 1. The number of anilines is 1. The fourth-order valence-corrected chi connectivity index (χ4v) is 6.42. The number of nitrogens with one attached hydrogen (secondary N) is 2. The van der Waals surface area contributed by atoms with Gasteiger partial charge < -0.3 is 15.2 Å². The monoisotopic (exact) mass is 789 g/mol. The number of amides is 3. The third-order valence-electron chi connectivity index (χ3n) is 8.95. The maximum absolute atomic E-state index is 15.1. The Labute approximate surface area is 314 Å². The maximum Gasteiger partial charge on any atom is 0.409 e. The van der Waals surface area contributed by atoms with E-state index in [0.29, 0.717) is 5.56 Å². The minimum absolute atomic E-state index is 0.00350. The number of primary amides is 1. The van der Waals surface area contributed by atoms with Crippen molar-refractivity contribution in [1.29, 1.82) is 0 Å². The van der Waals surface area contributed by atoms with E-state index in [1.54, 1.807) is 39.8 Å². The van der Waals surface area contributed by atoms with Crippen LogP contribution in [0.1, 0.15) is 77.0 Å². The summed E-state index contributed by atoms with van der Waals surface area (Å²) in [5.41, 5.74) is 2.52. The Morgan fingerprint density at radius 2 is 1.56 bits per heavy atom. The number of hydrogen-bond donors (Lipinski definition) is 3. The molecule has 18 heteroatoms. The van der Waals surface area contributed by atoms with Crippen LogP contribution in [0.5, 0.6) is 0 Å². The summed E-state index contributed by atoms with van der Waals surface area (Å²) in [4.78, 5) is 60.7. The minimum atomic E-state index is -4.77. The Morgan fingerprint density at radius 3 is 2.09 bits per heavy atom. The molecule has 0 bridgehead atoms. The van der Waals surface area contributed by atoms with Gasteiger partial charge in [0.1, 0.15) is 11.4 Å². The van der Waals surface area contributed by atoms with Crippen molar-refractivity contribution < 1.29 is 59.4 Å². The van der Waals surface area contributed by atoms with Crippen LogP contribution in [0.4, 0.5) is 41.2 Å². The molecule has 1 aliphatic heterocycles. The molecule has 2 aromatic carbocycles. The molecule has 55 heavy (non-hydrogen) atoms. The van der Waals surface area contributed by atoms with E-state index in [9.17, 15) is 45.1 Å². The van der Waals surface area contributed by atoms with Crippen molar-refractivity contribution in [3.63, 3.8) is 0 Å². The summed E-state index contributed by atoms with van der Waals surface area (Å²) < 4.78 is 106. The Balaban J connectivity index is 2.35. The summed E-state index contributed by atoms with van der Waals surface area (Å²) >= 11 is 0. The van der Waals surface area contributed by atoms with Gasteiger partial charge in [0.05, 0.1) is 18.5 Å². The molecule has 3 rings (SSSR count). The third kappa shape index (κ3) is 11.4. The number of halogens is 7. The van der Waals surface area contributed by atoms with E-state index in [-0.39, 0.29) is 22.5 Å². The Bertz CT molecular complexity index is 1760. The van der Waals surface area contributed by atoms with E-state index in [4.69, 9.17) is 15.2 Å². The van der Waals surface area contributed by atoms with Gasteiger partial charge in [-0.05, 0) is 64.2 Å². The largest absolute Gasteiger partial charge is 0.466 e. The number of esters is 1. The van der Waals surface area contributed by atoms with E-state index < -0.39 is 109 Å². The molecule has 2 aromatic rings. The van der Waals surface area contributed by atoms with Crippen LogP contribution in [0, 0.1) is 30.5 Å². The highest BCUT2D eigenvalue weighted by Gasteiger charge is 2.56. The number of carbonyl (C=O) groups is 4. The standard InChI is InChI=1S/C37H46F7N5O6/c1-20(2)37(32(52)54-7,48-33(53)55-34(4,5)6)49-28-21(3)10-8-13-26(28)27(22-11-9-12-24(38)18-22)47-30(31(49)51)46-19-23(14-16-35(39,40)41)25(29(45)50)15-17-36(42,43)44/h8-13,18,20,23,25,30,46H,14-17,19H2,1-7H3,(H2,45,50)(H,48,53)/t23-,25-,30-,37-/m0/s1. The highest BCUT2D eigenvalue weighted by atomic mass is 19.4. The number of alkyl carbamates (subject to hydrolysis) is 1. The van der Waals surface area contributed by atoms with Crippen LogP contribution in [0.3, 0.4) is 0 Å². The van der Waals surface area contributed by atoms with Gasteiger partial charge in [-0.25, -0.2) is 14.0 Å². The quantitative estimate of drug-likeness (QED) is 0.143. The lowest BCUT2D eigenvalue weighted by molar-refractivity contribution is -0.152. The van der Waals surface area contributed by atoms with Crippen molar-refractivity contribution in [3.05, 3.63) is 65.0 Å². The molecular weight excluding hydrogens is 743 g/mol. The van der Waals surface area contributed by atoms with E-state index >= 15 is 4.79 Å². The number of carbonyl (C=O) groups excluding carboxylic acids is 4. The third-order valence-corrected chi connectivity index (χ3v) is 8.95. The minimum Gasteiger partial charge on any atom is -0.466 e. The molecule has 11 nitrogen and oxygen atoms in total. The van der Waals surface area contributed by atoms with Crippen LogP contribution in [0.25, 0.3) is 0 Å². The lowest BCUT2D eigenvalue weighted by Crippen LogP contribution is -2.72. The number of benzene rings is 2. The molecule has 0 radical (unpaired) electrons. The number of nitrogens with zero attached hydrogens (tertiary/aromatic N) is 2. The van der Waals surface area contributed by atoms with Crippen LogP contribution in [-0.4, -0.2) is 73.0 Å². The molecule has 4 N–H and O–H groups in total. The molecule has 0 saturated carbocycles. The van der Waals surface area contributed by atoms with Gasteiger partial charge in [-0.2, -0.15) is 26.3 Å². The number of benzodiazepines with no additional fused rings is 1. The van der Waals surface area contributed by atoms with Gasteiger partial charge in [0, 0.05) is 42.3 Å². The number of alkyl halides is 6. The first-order valence-corrected chi connectivity index (χ1v) is 17.3. The molecular formula is C37H46F7N5O6. The highest BCUT2D eigenvalue weighted by molar-refractivity contribution is 6.21. The van der Waals surface area contributed by atoms with Crippen LogP contribution >= 0.6 is 0 Å². The van der Waals surface area contributed by atoms with Crippen LogP contribution in [0.2, 0.25) is 0 Å². The van der Waals surface area contributed by atoms with Crippen molar-refractivity contribution in [1.82, 2.24) is 10.6 Å². The predicted molar refractivity (Wildman–Crippen MR) is 188 cm³/mol. The van der Waals surface area contributed by atoms with Crippen LogP contribution in [-0.2, 0) is 23.9 Å². The molecule has 0 unspecified atom stereocenters. The molecule has 0 aliphatic carbocycles. The smallest absolute Gasteiger partial charge is 0.409 e. The molecule has 3 amide bonds. The number of para-hydroxylation sites is 1. The normalized spacial score (nSPS) is 17.4. The molecule has 0 saturated heterocycles. The number of rotatable bonds is 14. The number of ether oxygens (including phenoxy) is 2. The molecule has 1 heterocycles. The fourth-order valence-electron chi connectivity index (χ4n) is 6.42. The predicted octanol–water partition coefficient (Wildman–Crippen LogP) is 6.69. The van der Waals surface area contributed by atoms with E-state index in [0.717, 1.165) is 24.1 Å². The summed E-state index contributed by atoms with van der Waals surface area (Å²) in [7, 11) is 1.01.